The molecule has 1 heterocycles. The first kappa shape index (κ1) is 23.3. The molecule has 2 fully saturated rings. The second-order valence-electron chi connectivity index (χ2n) is 9.92. The van der Waals surface area contributed by atoms with Gasteiger partial charge in [-0.25, -0.2) is 0 Å². The van der Waals surface area contributed by atoms with E-state index in [0.29, 0.717) is 12.2 Å². The molecule has 0 unspecified atom stereocenters. The Hall–Kier alpha value is -1.38. The van der Waals surface area contributed by atoms with Crippen LogP contribution >= 0.6 is 0 Å². The molecule has 2 saturated carbocycles. The third kappa shape index (κ3) is 7.39. The number of pyridine rings is 1. The lowest BCUT2D eigenvalue weighted by Crippen LogP contribution is -2.25. The second kappa shape index (κ2) is 12.5. The average Bonchev–Trinajstić information content (AvgIpc) is 2.79. The fraction of sp³-hybridized carbons (Fsp3) is 0.778. The molecule has 30 heavy (non-hydrogen) atoms. The lowest BCUT2D eigenvalue weighted by atomic mass is 9.68. The van der Waals surface area contributed by atoms with E-state index < -0.39 is 0 Å². The molecule has 0 radical (unpaired) electrons. The summed E-state index contributed by atoms with van der Waals surface area (Å²) in [6.45, 7) is 4.50. The third-order valence-electron chi connectivity index (χ3n) is 7.85. The minimum atomic E-state index is -0.141. The van der Waals surface area contributed by atoms with Crippen molar-refractivity contribution in [2.45, 2.75) is 110 Å². The summed E-state index contributed by atoms with van der Waals surface area (Å²) in [6.07, 6.45) is 20.7. The van der Waals surface area contributed by atoms with Gasteiger partial charge in [-0.3, -0.25) is 9.78 Å². The summed E-state index contributed by atoms with van der Waals surface area (Å²) in [4.78, 5) is 16.4. The summed E-state index contributed by atoms with van der Waals surface area (Å²) in [6, 6.07) is 3.94. The molecule has 0 N–H and O–H groups in total. The van der Waals surface area contributed by atoms with Gasteiger partial charge in [0.25, 0.3) is 0 Å². The zero-order chi connectivity index (χ0) is 21.2. The zero-order valence-electron chi connectivity index (χ0n) is 19.4. The van der Waals surface area contributed by atoms with Crippen LogP contribution in [0.4, 0.5) is 0 Å². The van der Waals surface area contributed by atoms with E-state index in [4.69, 9.17) is 4.74 Å². The van der Waals surface area contributed by atoms with Crippen LogP contribution in [0.1, 0.15) is 109 Å². The highest BCUT2D eigenvalue weighted by Crippen LogP contribution is 2.42. The van der Waals surface area contributed by atoms with E-state index in [2.05, 4.69) is 18.8 Å². The van der Waals surface area contributed by atoms with Crippen molar-refractivity contribution in [3.8, 4) is 5.75 Å². The summed E-state index contributed by atoms with van der Waals surface area (Å²) in [5, 5.41) is 0. The minimum Gasteiger partial charge on any atom is -0.425 e. The van der Waals surface area contributed by atoms with E-state index in [1.807, 2.05) is 12.1 Å². The third-order valence-corrected chi connectivity index (χ3v) is 7.85. The molecule has 3 rings (SSSR count). The van der Waals surface area contributed by atoms with Crippen LogP contribution in [0.15, 0.2) is 18.3 Å². The summed E-state index contributed by atoms with van der Waals surface area (Å²) in [7, 11) is 0. The summed E-state index contributed by atoms with van der Waals surface area (Å²) >= 11 is 0. The van der Waals surface area contributed by atoms with Crippen LogP contribution in [0.3, 0.4) is 0 Å². The number of aromatic nitrogens is 1. The molecule has 3 heteroatoms. The van der Waals surface area contributed by atoms with Crippen molar-refractivity contribution in [3.05, 3.63) is 24.0 Å². The molecule has 1 aromatic rings. The lowest BCUT2D eigenvalue weighted by molar-refractivity contribution is -0.134. The highest BCUT2D eigenvalue weighted by molar-refractivity contribution is 5.72. The smallest absolute Gasteiger partial charge is 0.311 e. The van der Waals surface area contributed by atoms with Crippen LogP contribution in [0.25, 0.3) is 0 Å². The number of carbonyl (C=O) groups is 1. The highest BCUT2D eigenvalue weighted by atomic mass is 16.5. The number of carbonyl (C=O) groups excluding carboxylic acids is 1. The van der Waals surface area contributed by atoms with Gasteiger partial charge in [-0.1, -0.05) is 58.8 Å². The molecule has 0 spiro atoms. The van der Waals surface area contributed by atoms with Crippen LogP contribution < -0.4 is 4.74 Å². The molecule has 0 bridgehead atoms. The first-order chi connectivity index (χ1) is 14.7. The first-order valence-electron chi connectivity index (χ1n) is 12.8. The van der Waals surface area contributed by atoms with Gasteiger partial charge in [-0.2, -0.15) is 0 Å². The van der Waals surface area contributed by atoms with Crippen LogP contribution in [-0.4, -0.2) is 11.0 Å². The number of unbranched alkanes of at least 4 members (excludes halogenated alkanes) is 2. The van der Waals surface area contributed by atoms with Gasteiger partial charge >= 0.3 is 5.97 Å². The van der Waals surface area contributed by atoms with Crippen LogP contribution in [0.5, 0.6) is 5.75 Å². The number of hydrogen-bond acceptors (Lipinski definition) is 3. The molecule has 168 valence electrons. The Morgan fingerprint density at radius 1 is 0.933 bits per heavy atom. The largest absolute Gasteiger partial charge is 0.425 e. The van der Waals surface area contributed by atoms with E-state index in [1.165, 1.54) is 64.2 Å². The monoisotopic (exact) mass is 413 g/mol. The molecule has 1 aromatic heterocycles. The number of nitrogens with zero attached hydrogens (tertiary/aromatic N) is 1. The topological polar surface area (TPSA) is 39.2 Å². The fourth-order valence-corrected chi connectivity index (χ4v) is 5.69. The Balaban J connectivity index is 1.33. The van der Waals surface area contributed by atoms with Crippen molar-refractivity contribution in [3.63, 3.8) is 0 Å². The van der Waals surface area contributed by atoms with E-state index >= 15 is 0 Å². The fourth-order valence-electron chi connectivity index (χ4n) is 5.69. The average molecular weight is 414 g/mol. The number of ether oxygens (including phenoxy) is 1. The predicted octanol–water partition coefficient (Wildman–Crippen LogP) is 7.52. The Kier molecular flexibility index (Phi) is 9.68. The van der Waals surface area contributed by atoms with Crippen molar-refractivity contribution in [2.75, 3.05) is 0 Å². The zero-order valence-corrected chi connectivity index (χ0v) is 19.4. The molecule has 2 aliphatic rings. The molecule has 0 saturated heterocycles. The van der Waals surface area contributed by atoms with Gasteiger partial charge in [0.05, 0.1) is 6.20 Å². The number of hydrogen-bond donors (Lipinski definition) is 0. The van der Waals surface area contributed by atoms with Crippen molar-refractivity contribution in [2.24, 2.45) is 23.7 Å². The van der Waals surface area contributed by atoms with Gasteiger partial charge in [-0.15, -0.1) is 0 Å². The Morgan fingerprint density at radius 2 is 1.60 bits per heavy atom. The van der Waals surface area contributed by atoms with Gasteiger partial charge < -0.3 is 4.74 Å². The van der Waals surface area contributed by atoms with Gasteiger partial charge in [0.1, 0.15) is 5.75 Å². The van der Waals surface area contributed by atoms with E-state index in [0.717, 1.165) is 55.0 Å². The summed E-state index contributed by atoms with van der Waals surface area (Å²) in [5.74, 6) is 4.35. The van der Waals surface area contributed by atoms with Gasteiger partial charge in [0, 0.05) is 12.1 Å². The SMILES string of the molecule is CCCCCC(=O)Oc1ccc(CCC2CCC([C@H]3CC[C@H](CC)CC3)CC2)nc1. The van der Waals surface area contributed by atoms with Gasteiger partial charge in [0.15, 0.2) is 0 Å². The van der Waals surface area contributed by atoms with Crippen molar-refractivity contribution in [1.82, 2.24) is 4.98 Å². The summed E-state index contributed by atoms with van der Waals surface area (Å²) in [5.41, 5.74) is 1.13. The van der Waals surface area contributed by atoms with E-state index in [1.54, 1.807) is 6.20 Å². The van der Waals surface area contributed by atoms with Crippen molar-refractivity contribution < 1.29 is 9.53 Å². The Bertz CT molecular complexity index is 610. The molecule has 0 aliphatic heterocycles. The number of rotatable bonds is 10. The van der Waals surface area contributed by atoms with Crippen LogP contribution in [0, 0.1) is 23.7 Å². The summed E-state index contributed by atoms with van der Waals surface area (Å²) < 4.78 is 5.39. The van der Waals surface area contributed by atoms with Crippen molar-refractivity contribution in [1.29, 1.82) is 0 Å². The predicted molar refractivity (Wildman–Crippen MR) is 124 cm³/mol. The van der Waals surface area contributed by atoms with Crippen LogP contribution in [-0.2, 0) is 11.2 Å². The minimum absolute atomic E-state index is 0.141. The number of esters is 1. The molecule has 3 nitrogen and oxygen atoms in total. The number of aryl methyl sites for hydroxylation is 1. The second-order valence-corrected chi connectivity index (χ2v) is 9.92. The maximum atomic E-state index is 11.8. The molecule has 0 atom stereocenters. The van der Waals surface area contributed by atoms with E-state index in [9.17, 15) is 4.79 Å². The van der Waals surface area contributed by atoms with Gasteiger partial charge in [0.2, 0.25) is 0 Å². The normalized spacial score (nSPS) is 27.0. The molecular weight excluding hydrogens is 370 g/mol. The molecule has 0 aromatic carbocycles. The Morgan fingerprint density at radius 3 is 2.17 bits per heavy atom. The lowest BCUT2D eigenvalue weighted by Gasteiger charge is -2.37. The van der Waals surface area contributed by atoms with Gasteiger partial charge in [-0.05, 0) is 80.8 Å². The molecule has 2 aliphatic carbocycles. The quantitative estimate of drug-likeness (QED) is 0.294. The standard InChI is InChI=1S/C27H43NO2/c1-3-5-6-7-27(29)30-26-19-18-25(28-20-26)17-12-22-10-15-24(16-11-22)23-13-8-21(4-2)9-14-23/h18-24H,3-17H2,1-2H3/t21-,22?,23-,24?. The van der Waals surface area contributed by atoms with Crippen LogP contribution in [0.2, 0.25) is 0 Å². The highest BCUT2D eigenvalue weighted by Gasteiger charge is 2.30. The first-order valence-corrected chi connectivity index (χ1v) is 12.8. The maximum absolute atomic E-state index is 11.8. The molecule has 0 amide bonds. The molecular formula is C27H43NO2. The van der Waals surface area contributed by atoms with E-state index in [-0.39, 0.29) is 5.97 Å². The maximum Gasteiger partial charge on any atom is 0.311 e. The Labute approximate surface area is 184 Å². The van der Waals surface area contributed by atoms with Crippen molar-refractivity contribution >= 4 is 5.97 Å².